The summed E-state index contributed by atoms with van der Waals surface area (Å²) in [5.74, 6) is -0.355. The molecule has 0 radical (unpaired) electrons. The first-order chi connectivity index (χ1) is 18.6. The lowest BCUT2D eigenvalue weighted by Gasteiger charge is -2.32. The van der Waals surface area contributed by atoms with Gasteiger partial charge in [-0.1, -0.05) is 54.4 Å². The SMILES string of the molecule is CCCNC(=O)[C@H](C)N(Cc1ccc(C)cc1)C(=O)CN(c1cccc(Cl)c1)S(=O)(=O)c1ccc(OC)cc1. The van der Waals surface area contributed by atoms with Crippen LogP contribution in [0, 0.1) is 6.92 Å². The molecule has 0 aromatic heterocycles. The number of aryl methyl sites for hydroxylation is 1. The maximum absolute atomic E-state index is 13.9. The number of nitrogens with one attached hydrogen (secondary N) is 1. The van der Waals surface area contributed by atoms with Crippen molar-refractivity contribution < 1.29 is 22.7 Å². The molecule has 0 heterocycles. The van der Waals surface area contributed by atoms with Gasteiger partial charge in [0, 0.05) is 18.1 Å². The minimum Gasteiger partial charge on any atom is -0.497 e. The Morgan fingerprint density at radius 1 is 1.03 bits per heavy atom. The summed E-state index contributed by atoms with van der Waals surface area (Å²) >= 11 is 6.20. The highest BCUT2D eigenvalue weighted by Gasteiger charge is 2.32. The number of methoxy groups -OCH3 is 1. The highest BCUT2D eigenvalue weighted by Crippen LogP contribution is 2.28. The minimum absolute atomic E-state index is 0.0186. The van der Waals surface area contributed by atoms with Crippen LogP contribution in [0.25, 0.3) is 0 Å². The van der Waals surface area contributed by atoms with E-state index in [1.165, 1.54) is 42.3 Å². The molecule has 0 saturated heterocycles. The quantitative estimate of drug-likeness (QED) is 0.337. The van der Waals surface area contributed by atoms with E-state index in [-0.39, 0.29) is 23.0 Å². The summed E-state index contributed by atoms with van der Waals surface area (Å²) in [6.45, 7) is 5.60. The average molecular weight is 572 g/mol. The van der Waals surface area contributed by atoms with Crippen LogP contribution in [-0.4, -0.2) is 51.4 Å². The van der Waals surface area contributed by atoms with Crippen LogP contribution in [0.4, 0.5) is 5.69 Å². The highest BCUT2D eigenvalue weighted by atomic mass is 35.5. The van der Waals surface area contributed by atoms with E-state index in [0.29, 0.717) is 17.3 Å². The summed E-state index contributed by atoms with van der Waals surface area (Å²) in [7, 11) is -2.70. The van der Waals surface area contributed by atoms with Crippen molar-refractivity contribution in [1.29, 1.82) is 0 Å². The van der Waals surface area contributed by atoms with Crippen LogP contribution in [0.2, 0.25) is 5.02 Å². The summed E-state index contributed by atoms with van der Waals surface area (Å²) < 4.78 is 33.8. The minimum atomic E-state index is -4.19. The van der Waals surface area contributed by atoms with E-state index >= 15 is 0 Å². The van der Waals surface area contributed by atoms with Crippen molar-refractivity contribution in [2.75, 3.05) is 24.5 Å². The van der Waals surface area contributed by atoms with Crippen molar-refractivity contribution in [3.63, 3.8) is 0 Å². The molecule has 0 unspecified atom stereocenters. The zero-order valence-electron chi connectivity index (χ0n) is 22.6. The number of hydrogen-bond donors (Lipinski definition) is 1. The number of carbonyl (C=O) groups is 2. The fourth-order valence-corrected chi connectivity index (χ4v) is 5.49. The van der Waals surface area contributed by atoms with E-state index in [9.17, 15) is 18.0 Å². The van der Waals surface area contributed by atoms with Crippen LogP contribution in [0.5, 0.6) is 5.75 Å². The van der Waals surface area contributed by atoms with Crippen molar-refractivity contribution in [3.8, 4) is 5.75 Å². The summed E-state index contributed by atoms with van der Waals surface area (Å²) in [6, 6.07) is 19.0. The fraction of sp³-hybridized carbons (Fsp3) is 0.310. The summed E-state index contributed by atoms with van der Waals surface area (Å²) in [5.41, 5.74) is 2.10. The van der Waals surface area contributed by atoms with Gasteiger partial charge in [-0.05, 0) is 68.3 Å². The van der Waals surface area contributed by atoms with Crippen molar-refractivity contribution >= 4 is 39.1 Å². The molecule has 2 amide bonds. The normalized spacial score (nSPS) is 11.9. The van der Waals surface area contributed by atoms with Gasteiger partial charge in [0.25, 0.3) is 10.0 Å². The van der Waals surface area contributed by atoms with Gasteiger partial charge in [-0.2, -0.15) is 0 Å². The summed E-state index contributed by atoms with van der Waals surface area (Å²) in [6.07, 6.45) is 0.743. The standard InChI is InChI=1S/C29H34ClN3O5S/c1-5-17-31-29(35)22(3)32(19-23-11-9-21(2)10-12-23)28(34)20-33(25-8-6-7-24(30)18-25)39(36,37)27-15-13-26(38-4)14-16-27/h6-16,18,22H,5,17,19-20H2,1-4H3,(H,31,35)/t22-/m0/s1. The van der Waals surface area contributed by atoms with Crippen molar-refractivity contribution in [1.82, 2.24) is 10.2 Å². The molecule has 3 aromatic carbocycles. The smallest absolute Gasteiger partial charge is 0.264 e. The molecule has 0 aliphatic heterocycles. The van der Waals surface area contributed by atoms with Crippen LogP contribution in [-0.2, 0) is 26.2 Å². The van der Waals surface area contributed by atoms with Crippen molar-refractivity contribution in [2.24, 2.45) is 0 Å². The number of carbonyl (C=O) groups excluding carboxylic acids is 2. The lowest BCUT2D eigenvalue weighted by Crippen LogP contribution is -2.51. The number of halogens is 1. The van der Waals surface area contributed by atoms with Crippen molar-refractivity contribution in [2.45, 2.75) is 44.7 Å². The lowest BCUT2D eigenvalue weighted by atomic mass is 10.1. The second kappa shape index (κ2) is 13.5. The van der Waals surface area contributed by atoms with Crippen LogP contribution in [0.3, 0.4) is 0 Å². The number of ether oxygens (including phenoxy) is 1. The Labute approximate surface area is 235 Å². The highest BCUT2D eigenvalue weighted by molar-refractivity contribution is 7.92. The third-order valence-electron chi connectivity index (χ3n) is 6.21. The van der Waals surface area contributed by atoms with Gasteiger partial charge in [0.15, 0.2) is 0 Å². The number of sulfonamides is 1. The molecule has 8 nitrogen and oxygen atoms in total. The van der Waals surface area contributed by atoms with Crippen LogP contribution < -0.4 is 14.4 Å². The van der Waals surface area contributed by atoms with Crippen LogP contribution in [0.1, 0.15) is 31.4 Å². The Morgan fingerprint density at radius 2 is 1.69 bits per heavy atom. The zero-order chi connectivity index (χ0) is 28.6. The van der Waals surface area contributed by atoms with Crippen LogP contribution in [0.15, 0.2) is 77.7 Å². The second-order valence-electron chi connectivity index (χ2n) is 9.14. The second-order valence-corrected chi connectivity index (χ2v) is 11.4. The molecule has 10 heteroatoms. The van der Waals surface area contributed by atoms with Gasteiger partial charge in [0.1, 0.15) is 18.3 Å². The first kappa shape index (κ1) is 30.0. The Bertz CT molecular complexity index is 1380. The lowest BCUT2D eigenvalue weighted by molar-refractivity contribution is -0.139. The Morgan fingerprint density at radius 3 is 2.28 bits per heavy atom. The molecule has 1 atom stereocenters. The number of benzene rings is 3. The third-order valence-corrected chi connectivity index (χ3v) is 8.24. The molecular formula is C29H34ClN3O5S. The maximum atomic E-state index is 13.9. The van der Waals surface area contributed by atoms with E-state index in [4.69, 9.17) is 16.3 Å². The zero-order valence-corrected chi connectivity index (χ0v) is 24.1. The van der Waals surface area contributed by atoms with E-state index in [0.717, 1.165) is 21.9 Å². The van der Waals surface area contributed by atoms with Gasteiger partial charge < -0.3 is 15.0 Å². The Hall–Kier alpha value is -3.56. The predicted molar refractivity (Wildman–Crippen MR) is 153 cm³/mol. The Kier molecular flexibility index (Phi) is 10.4. The van der Waals surface area contributed by atoms with Gasteiger partial charge in [-0.15, -0.1) is 0 Å². The predicted octanol–water partition coefficient (Wildman–Crippen LogP) is 4.80. The Balaban J connectivity index is 2.01. The molecule has 0 saturated carbocycles. The average Bonchev–Trinajstić information content (AvgIpc) is 2.93. The van der Waals surface area contributed by atoms with E-state index in [1.807, 2.05) is 38.1 Å². The number of hydrogen-bond acceptors (Lipinski definition) is 5. The molecule has 0 bridgehead atoms. The van der Waals surface area contributed by atoms with E-state index in [1.54, 1.807) is 25.1 Å². The number of anilines is 1. The first-order valence-corrected chi connectivity index (χ1v) is 14.4. The monoisotopic (exact) mass is 571 g/mol. The molecule has 0 aliphatic rings. The molecule has 3 aromatic rings. The van der Waals surface area contributed by atoms with Crippen molar-refractivity contribution in [3.05, 3.63) is 88.9 Å². The number of nitrogens with zero attached hydrogens (tertiary/aromatic N) is 2. The molecule has 3 rings (SSSR count). The largest absolute Gasteiger partial charge is 0.497 e. The topological polar surface area (TPSA) is 96.0 Å². The van der Waals surface area contributed by atoms with Crippen LogP contribution >= 0.6 is 11.6 Å². The van der Waals surface area contributed by atoms with Gasteiger partial charge in [-0.3, -0.25) is 13.9 Å². The summed E-state index contributed by atoms with van der Waals surface area (Å²) in [5, 5.41) is 3.15. The molecule has 0 fully saturated rings. The fourth-order valence-electron chi connectivity index (χ4n) is 3.90. The van der Waals surface area contributed by atoms with E-state index < -0.39 is 28.5 Å². The molecule has 39 heavy (non-hydrogen) atoms. The molecule has 208 valence electrons. The summed E-state index contributed by atoms with van der Waals surface area (Å²) in [4.78, 5) is 28.2. The number of rotatable bonds is 12. The molecular weight excluding hydrogens is 538 g/mol. The number of amides is 2. The van der Waals surface area contributed by atoms with E-state index in [2.05, 4.69) is 5.32 Å². The molecule has 0 aliphatic carbocycles. The first-order valence-electron chi connectivity index (χ1n) is 12.6. The molecule has 0 spiro atoms. The maximum Gasteiger partial charge on any atom is 0.264 e. The third kappa shape index (κ3) is 7.74. The van der Waals surface area contributed by atoms with Gasteiger partial charge >= 0.3 is 0 Å². The van der Waals surface area contributed by atoms with Gasteiger partial charge in [0.05, 0.1) is 17.7 Å². The molecule has 1 N–H and O–H groups in total. The van der Waals surface area contributed by atoms with Gasteiger partial charge in [0.2, 0.25) is 11.8 Å². The van der Waals surface area contributed by atoms with Gasteiger partial charge in [-0.25, -0.2) is 8.42 Å².